The van der Waals surface area contributed by atoms with Crippen LogP contribution in [0, 0.1) is 5.82 Å². The van der Waals surface area contributed by atoms with Gasteiger partial charge in [0.25, 0.3) is 0 Å². The average molecular weight is 341 g/mol. The number of ether oxygens (including phenoxy) is 1. The number of piperidine rings is 1. The van der Waals surface area contributed by atoms with Gasteiger partial charge in [-0.1, -0.05) is 6.07 Å². The van der Waals surface area contributed by atoms with Gasteiger partial charge in [0.2, 0.25) is 0 Å². The van der Waals surface area contributed by atoms with Gasteiger partial charge in [-0.05, 0) is 42.5 Å². The molecule has 2 aliphatic rings. The summed E-state index contributed by atoms with van der Waals surface area (Å²) in [6.07, 6.45) is 5.51. The van der Waals surface area contributed by atoms with Crippen molar-refractivity contribution in [2.24, 2.45) is 0 Å². The molecule has 0 spiro atoms. The van der Waals surface area contributed by atoms with E-state index in [0.717, 1.165) is 12.8 Å². The third kappa shape index (κ3) is 3.16. The number of halogens is 1. The zero-order chi connectivity index (χ0) is 17.2. The second-order valence-corrected chi connectivity index (χ2v) is 6.44. The van der Waals surface area contributed by atoms with E-state index in [4.69, 9.17) is 4.74 Å². The van der Waals surface area contributed by atoms with Crippen LogP contribution in [0.15, 0.2) is 42.7 Å². The van der Waals surface area contributed by atoms with Gasteiger partial charge >= 0.3 is 6.03 Å². The Balaban J connectivity index is 1.46. The molecule has 1 fully saturated rings. The molecule has 2 aromatic rings. The van der Waals surface area contributed by atoms with Crippen LogP contribution in [0.4, 0.5) is 14.9 Å². The second-order valence-electron chi connectivity index (χ2n) is 6.44. The van der Waals surface area contributed by atoms with Crippen LogP contribution in [-0.4, -0.2) is 42.2 Å². The van der Waals surface area contributed by atoms with Crippen LogP contribution in [-0.2, 0) is 0 Å². The van der Waals surface area contributed by atoms with Gasteiger partial charge in [0.15, 0.2) is 0 Å². The van der Waals surface area contributed by atoms with Crippen LogP contribution >= 0.6 is 0 Å². The molecule has 0 radical (unpaired) electrons. The molecule has 0 saturated carbocycles. The van der Waals surface area contributed by atoms with Gasteiger partial charge in [-0.2, -0.15) is 0 Å². The fourth-order valence-corrected chi connectivity index (χ4v) is 3.58. The third-order valence-corrected chi connectivity index (χ3v) is 4.94. The Kier molecular flexibility index (Phi) is 4.26. The van der Waals surface area contributed by atoms with Crippen molar-refractivity contribution >= 4 is 11.7 Å². The number of hydrogen-bond donors (Lipinski definition) is 0. The van der Waals surface area contributed by atoms with E-state index in [-0.39, 0.29) is 11.8 Å². The van der Waals surface area contributed by atoms with Gasteiger partial charge in [0, 0.05) is 31.5 Å². The molecule has 5 nitrogen and oxygen atoms in total. The number of urea groups is 1. The van der Waals surface area contributed by atoms with Crippen LogP contribution in [0.2, 0.25) is 0 Å². The maximum absolute atomic E-state index is 13.6. The summed E-state index contributed by atoms with van der Waals surface area (Å²) >= 11 is 0. The minimum atomic E-state index is -0.364. The molecule has 6 heteroatoms. The molecule has 25 heavy (non-hydrogen) atoms. The van der Waals surface area contributed by atoms with Crippen LogP contribution in [0.5, 0.6) is 5.75 Å². The summed E-state index contributed by atoms with van der Waals surface area (Å²) in [5.41, 5.74) is 1.75. The Morgan fingerprint density at radius 1 is 1.20 bits per heavy atom. The Labute approximate surface area is 146 Å². The highest BCUT2D eigenvalue weighted by Crippen LogP contribution is 2.34. The molecule has 4 rings (SSSR count). The summed E-state index contributed by atoms with van der Waals surface area (Å²) in [5, 5.41) is 0. The van der Waals surface area contributed by atoms with Gasteiger partial charge in [-0.15, -0.1) is 0 Å². The quantitative estimate of drug-likeness (QED) is 0.798. The molecular weight excluding hydrogens is 321 g/mol. The molecule has 0 atom stereocenters. The number of pyridine rings is 1. The van der Waals surface area contributed by atoms with E-state index in [2.05, 4.69) is 11.1 Å². The van der Waals surface area contributed by atoms with E-state index in [9.17, 15) is 9.18 Å². The highest BCUT2D eigenvalue weighted by atomic mass is 19.1. The number of hydrogen-bond acceptors (Lipinski definition) is 3. The number of carbonyl (C=O) groups excluding carboxylic acids is 1. The lowest BCUT2D eigenvalue weighted by Gasteiger charge is -2.37. The zero-order valence-electron chi connectivity index (χ0n) is 13.9. The zero-order valence-corrected chi connectivity index (χ0v) is 13.9. The number of benzene rings is 1. The first-order valence-corrected chi connectivity index (χ1v) is 8.61. The monoisotopic (exact) mass is 341 g/mol. The van der Waals surface area contributed by atoms with Crippen molar-refractivity contribution in [2.75, 3.05) is 31.1 Å². The molecule has 0 bridgehead atoms. The molecule has 0 unspecified atom stereocenters. The summed E-state index contributed by atoms with van der Waals surface area (Å²) in [4.78, 5) is 20.6. The fraction of sp³-hybridized carbons (Fsp3) is 0.368. The van der Waals surface area contributed by atoms with Crippen molar-refractivity contribution in [1.29, 1.82) is 0 Å². The largest absolute Gasteiger partial charge is 0.490 e. The predicted molar refractivity (Wildman–Crippen MR) is 92.4 cm³/mol. The maximum Gasteiger partial charge on any atom is 0.324 e. The average Bonchev–Trinajstić information content (AvgIpc) is 2.68. The number of rotatable bonds is 1. The molecule has 0 N–H and O–H groups in total. The van der Waals surface area contributed by atoms with E-state index in [1.54, 1.807) is 17.2 Å². The van der Waals surface area contributed by atoms with Crippen LogP contribution in [0.3, 0.4) is 0 Å². The highest BCUT2D eigenvalue weighted by molar-refractivity contribution is 5.94. The fourth-order valence-electron chi connectivity index (χ4n) is 3.58. The van der Waals surface area contributed by atoms with Crippen molar-refractivity contribution < 1.29 is 13.9 Å². The van der Waals surface area contributed by atoms with Crippen molar-refractivity contribution in [3.8, 4) is 5.75 Å². The van der Waals surface area contributed by atoms with Crippen LogP contribution < -0.4 is 9.64 Å². The molecule has 1 aromatic carbocycles. The number of aromatic nitrogens is 1. The minimum Gasteiger partial charge on any atom is -0.490 e. The first-order chi connectivity index (χ1) is 12.2. The summed E-state index contributed by atoms with van der Waals surface area (Å²) in [6.45, 7) is 2.26. The van der Waals surface area contributed by atoms with E-state index < -0.39 is 0 Å². The normalized spacial score (nSPS) is 17.8. The van der Waals surface area contributed by atoms with Gasteiger partial charge in [-0.25, -0.2) is 9.18 Å². The molecule has 1 saturated heterocycles. The minimum absolute atomic E-state index is 0.0696. The molecule has 130 valence electrons. The van der Waals surface area contributed by atoms with Gasteiger partial charge < -0.3 is 9.64 Å². The second kappa shape index (κ2) is 6.70. The molecule has 2 amide bonds. The summed E-state index contributed by atoms with van der Waals surface area (Å²) in [6, 6.07) is 8.28. The lowest BCUT2D eigenvalue weighted by atomic mass is 9.90. The Morgan fingerprint density at radius 2 is 2.04 bits per heavy atom. The van der Waals surface area contributed by atoms with Crippen LogP contribution in [0.25, 0.3) is 0 Å². The molecule has 2 aliphatic heterocycles. The lowest BCUT2D eigenvalue weighted by molar-refractivity contribution is 0.184. The first kappa shape index (κ1) is 15.9. The topological polar surface area (TPSA) is 45.7 Å². The van der Waals surface area contributed by atoms with Crippen molar-refractivity contribution in [3.05, 3.63) is 54.1 Å². The van der Waals surface area contributed by atoms with E-state index in [1.807, 2.05) is 17.2 Å². The highest BCUT2D eigenvalue weighted by Gasteiger charge is 2.31. The van der Waals surface area contributed by atoms with Gasteiger partial charge in [0.05, 0.1) is 12.2 Å². The number of likely N-dealkylation sites (tertiary alicyclic amines) is 1. The maximum atomic E-state index is 13.6. The number of amides is 2. The molecular formula is C19H20FN3O2. The summed E-state index contributed by atoms with van der Waals surface area (Å²) in [7, 11) is 0. The molecule has 3 heterocycles. The standard InChI is InChI=1S/C19H20FN3O2/c20-16-3-4-18-17(12-16)23(10-11-25-18)19(24)22-8-5-14(6-9-22)15-2-1-7-21-13-15/h1-4,7,12-14H,5-6,8-11H2. The van der Waals surface area contributed by atoms with Gasteiger partial charge in [0.1, 0.15) is 18.2 Å². The predicted octanol–water partition coefficient (Wildman–Crippen LogP) is 3.42. The summed E-state index contributed by atoms with van der Waals surface area (Å²) in [5.74, 6) is 0.635. The number of anilines is 1. The van der Waals surface area contributed by atoms with Crippen LogP contribution in [0.1, 0.15) is 24.3 Å². The molecule has 0 aliphatic carbocycles. The third-order valence-electron chi connectivity index (χ3n) is 4.94. The summed E-state index contributed by atoms with van der Waals surface area (Å²) < 4.78 is 19.1. The van der Waals surface area contributed by atoms with Crippen molar-refractivity contribution in [3.63, 3.8) is 0 Å². The number of fused-ring (bicyclic) bond motifs is 1. The number of nitrogens with zero attached hydrogens (tertiary/aromatic N) is 3. The van der Waals surface area contributed by atoms with Gasteiger partial charge in [-0.3, -0.25) is 9.88 Å². The smallest absolute Gasteiger partial charge is 0.324 e. The Morgan fingerprint density at radius 3 is 2.80 bits per heavy atom. The van der Waals surface area contributed by atoms with E-state index in [0.29, 0.717) is 43.6 Å². The molecule has 1 aromatic heterocycles. The lowest BCUT2D eigenvalue weighted by Crippen LogP contribution is -2.49. The van der Waals surface area contributed by atoms with Crippen molar-refractivity contribution in [2.45, 2.75) is 18.8 Å². The van der Waals surface area contributed by atoms with E-state index >= 15 is 0 Å². The Hall–Kier alpha value is -2.63. The number of carbonyl (C=O) groups is 1. The van der Waals surface area contributed by atoms with E-state index in [1.165, 1.54) is 17.7 Å². The SMILES string of the molecule is O=C(N1CCC(c2cccnc2)CC1)N1CCOc2ccc(F)cc21. The first-order valence-electron chi connectivity index (χ1n) is 8.61. The van der Waals surface area contributed by atoms with Crippen molar-refractivity contribution in [1.82, 2.24) is 9.88 Å². The Bertz CT molecular complexity index is 761.